The van der Waals surface area contributed by atoms with Crippen molar-refractivity contribution in [2.24, 2.45) is 5.14 Å². The number of primary sulfonamides is 1. The Labute approximate surface area is 168 Å². The highest BCUT2D eigenvalue weighted by molar-refractivity contribution is 7.92. The molecule has 3 N–H and O–H groups in total. The Kier molecular flexibility index (Phi) is 7.54. The van der Waals surface area contributed by atoms with Gasteiger partial charge in [-0.3, -0.25) is 4.90 Å². The molecule has 0 saturated carbocycles. The van der Waals surface area contributed by atoms with E-state index >= 15 is 0 Å². The zero-order valence-corrected chi connectivity index (χ0v) is 17.4. The first-order valence-electron chi connectivity index (χ1n) is 8.91. The first-order chi connectivity index (χ1) is 13.4. The van der Waals surface area contributed by atoms with Crippen molar-refractivity contribution < 1.29 is 34.7 Å². The van der Waals surface area contributed by atoms with Crippen LogP contribution in [0.25, 0.3) is 0 Å². The molecule has 1 saturated heterocycles. The summed E-state index contributed by atoms with van der Waals surface area (Å²) in [6.45, 7) is 5.17. The third kappa shape index (κ3) is 6.04. The van der Waals surface area contributed by atoms with Gasteiger partial charge in [-0.05, 0) is 31.0 Å². The van der Waals surface area contributed by atoms with Crippen LogP contribution >= 0.6 is 0 Å². The molecule has 1 aliphatic heterocycles. The summed E-state index contributed by atoms with van der Waals surface area (Å²) >= 11 is 0. The summed E-state index contributed by atoms with van der Waals surface area (Å²) < 4.78 is 91.6. The van der Waals surface area contributed by atoms with Crippen LogP contribution in [-0.4, -0.2) is 66.1 Å². The third-order valence-electron chi connectivity index (χ3n) is 4.63. The van der Waals surface area contributed by atoms with Gasteiger partial charge in [-0.2, -0.15) is 13.2 Å². The van der Waals surface area contributed by atoms with Gasteiger partial charge in [-0.15, -0.1) is 0 Å². The Bertz CT molecular complexity index is 914. The number of benzene rings is 1. The second-order valence-corrected chi connectivity index (χ2v) is 10.1. The number of sulfone groups is 1. The smallest absolute Gasteiger partial charge is 0.381 e. The summed E-state index contributed by atoms with van der Waals surface area (Å²) in [5.74, 6) is 0. The molecule has 0 radical (unpaired) electrons. The molecule has 8 nitrogen and oxygen atoms in total. The monoisotopic (exact) mass is 459 g/mol. The highest BCUT2D eigenvalue weighted by Gasteiger charge is 2.48. The molecule has 1 aromatic carbocycles. The van der Waals surface area contributed by atoms with Crippen molar-refractivity contribution >= 4 is 25.5 Å². The number of rotatable bonds is 8. The number of anilines is 1. The van der Waals surface area contributed by atoms with Crippen molar-refractivity contribution in [2.45, 2.75) is 41.1 Å². The van der Waals surface area contributed by atoms with Crippen LogP contribution in [0.4, 0.5) is 18.9 Å². The second kappa shape index (κ2) is 9.16. The molecular weight excluding hydrogens is 435 g/mol. The molecule has 0 unspecified atom stereocenters. The number of alkyl halides is 3. The Balaban J connectivity index is 2.32. The molecule has 0 bridgehead atoms. The fraction of sp³-hybridized carbons (Fsp3) is 0.625. The van der Waals surface area contributed by atoms with E-state index in [0.717, 1.165) is 25.2 Å². The topological polar surface area (TPSA) is 119 Å². The average molecular weight is 460 g/mol. The lowest BCUT2D eigenvalue weighted by molar-refractivity contribution is -0.0435. The number of morpholine rings is 1. The van der Waals surface area contributed by atoms with Gasteiger partial charge in [0, 0.05) is 25.7 Å². The van der Waals surface area contributed by atoms with Gasteiger partial charge in [-0.1, -0.05) is 6.92 Å². The predicted molar refractivity (Wildman–Crippen MR) is 101 cm³/mol. The molecule has 0 aromatic heterocycles. The number of hydrogen-bond donors (Lipinski definition) is 2. The first kappa shape index (κ1) is 23.9. The molecular formula is C16H24F3N3O5S2. The minimum Gasteiger partial charge on any atom is -0.381 e. The predicted octanol–water partition coefficient (Wildman–Crippen LogP) is 1.54. The molecule has 0 aliphatic carbocycles. The summed E-state index contributed by atoms with van der Waals surface area (Å²) in [6.07, 6.45) is 1.08. The zero-order chi connectivity index (χ0) is 21.9. The van der Waals surface area contributed by atoms with Crippen LogP contribution in [0, 0.1) is 0 Å². The highest BCUT2D eigenvalue weighted by atomic mass is 32.2. The van der Waals surface area contributed by atoms with Crippen LogP contribution in [0.2, 0.25) is 0 Å². The van der Waals surface area contributed by atoms with Crippen molar-refractivity contribution in [1.82, 2.24) is 4.90 Å². The summed E-state index contributed by atoms with van der Waals surface area (Å²) in [4.78, 5) is 0.263. The second-order valence-electron chi connectivity index (χ2n) is 6.64. The molecule has 0 spiro atoms. The van der Waals surface area contributed by atoms with Crippen LogP contribution < -0.4 is 10.5 Å². The Morgan fingerprint density at radius 2 is 1.83 bits per heavy atom. The molecule has 166 valence electrons. The molecule has 1 fully saturated rings. The van der Waals surface area contributed by atoms with Gasteiger partial charge in [0.1, 0.15) is 4.90 Å². The van der Waals surface area contributed by atoms with Crippen molar-refractivity contribution in [3.8, 4) is 0 Å². The number of nitrogens with two attached hydrogens (primary N) is 1. The molecule has 1 aliphatic rings. The molecule has 1 atom stereocenters. The van der Waals surface area contributed by atoms with E-state index in [1.54, 1.807) is 0 Å². The van der Waals surface area contributed by atoms with Crippen molar-refractivity contribution in [3.63, 3.8) is 0 Å². The Morgan fingerprint density at radius 1 is 1.21 bits per heavy atom. The van der Waals surface area contributed by atoms with E-state index < -0.39 is 35.2 Å². The van der Waals surface area contributed by atoms with Crippen LogP contribution in [0.1, 0.15) is 19.8 Å². The van der Waals surface area contributed by atoms with Gasteiger partial charge in [0.05, 0.1) is 23.8 Å². The highest BCUT2D eigenvalue weighted by Crippen LogP contribution is 2.36. The molecule has 0 amide bonds. The number of sulfonamides is 1. The Hall–Kier alpha value is -1.41. The number of hydrogen-bond acceptors (Lipinski definition) is 7. The molecule has 29 heavy (non-hydrogen) atoms. The molecule has 2 rings (SSSR count). The van der Waals surface area contributed by atoms with E-state index in [1.807, 2.05) is 6.92 Å². The maximum absolute atomic E-state index is 13.1. The van der Waals surface area contributed by atoms with Crippen LogP contribution in [-0.2, 0) is 24.6 Å². The van der Waals surface area contributed by atoms with E-state index in [2.05, 4.69) is 10.2 Å². The molecule has 1 aromatic rings. The van der Waals surface area contributed by atoms with Gasteiger partial charge in [0.25, 0.3) is 9.84 Å². The third-order valence-corrected chi connectivity index (χ3v) is 7.06. The lowest BCUT2D eigenvalue weighted by atomic mass is 10.1. The van der Waals surface area contributed by atoms with E-state index in [0.29, 0.717) is 38.7 Å². The quantitative estimate of drug-likeness (QED) is 0.605. The molecule has 13 heteroatoms. The van der Waals surface area contributed by atoms with Gasteiger partial charge < -0.3 is 10.1 Å². The van der Waals surface area contributed by atoms with Crippen molar-refractivity contribution in [3.05, 3.63) is 18.2 Å². The average Bonchev–Trinajstić information content (AvgIpc) is 2.64. The van der Waals surface area contributed by atoms with Gasteiger partial charge >= 0.3 is 5.51 Å². The fourth-order valence-corrected chi connectivity index (χ4v) is 4.47. The minimum atomic E-state index is -5.79. The van der Waals surface area contributed by atoms with Gasteiger partial charge in [0.15, 0.2) is 0 Å². The van der Waals surface area contributed by atoms with Crippen LogP contribution in [0.5, 0.6) is 0 Å². The summed E-state index contributed by atoms with van der Waals surface area (Å²) in [6, 6.07) is 2.09. The van der Waals surface area contributed by atoms with E-state index in [1.165, 1.54) is 0 Å². The minimum absolute atomic E-state index is 0.316. The van der Waals surface area contributed by atoms with Crippen LogP contribution in [0.15, 0.2) is 28.0 Å². The van der Waals surface area contributed by atoms with E-state index in [-0.39, 0.29) is 11.7 Å². The van der Waals surface area contributed by atoms with Crippen LogP contribution in [0.3, 0.4) is 0 Å². The standard InChI is InChI=1S/C16H24F3N3O5S2/c1-2-12(5-6-22-7-9-27-10-8-22)21-14-4-3-13(29(20,25)26)11-15(14)28(23,24)16(17,18)19/h3-4,11-12,21H,2,5-10H2,1H3,(H2,20,25,26)/t12-/m0/s1. The maximum Gasteiger partial charge on any atom is 0.501 e. The number of halogens is 3. The summed E-state index contributed by atoms with van der Waals surface area (Å²) in [5, 5.41) is 7.77. The number of nitrogens with one attached hydrogen (secondary N) is 1. The number of nitrogens with zero attached hydrogens (tertiary/aromatic N) is 1. The van der Waals surface area contributed by atoms with E-state index in [4.69, 9.17) is 9.88 Å². The fourth-order valence-electron chi connectivity index (χ4n) is 2.91. The molecule has 1 heterocycles. The summed E-state index contributed by atoms with van der Waals surface area (Å²) in [7, 11) is -10.2. The largest absolute Gasteiger partial charge is 0.501 e. The van der Waals surface area contributed by atoms with E-state index in [9.17, 15) is 30.0 Å². The van der Waals surface area contributed by atoms with Crippen molar-refractivity contribution in [1.29, 1.82) is 0 Å². The number of ether oxygens (including phenoxy) is 1. The van der Waals surface area contributed by atoms with Crippen molar-refractivity contribution in [2.75, 3.05) is 38.2 Å². The lowest BCUT2D eigenvalue weighted by Crippen LogP contribution is -2.38. The van der Waals surface area contributed by atoms with Gasteiger partial charge in [-0.25, -0.2) is 22.0 Å². The SMILES string of the molecule is CC[C@@H](CCN1CCOCC1)Nc1ccc(S(N)(=O)=O)cc1S(=O)(=O)C(F)(F)F. The first-order valence-corrected chi connectivity index (χ1v) is 11.9. The summed E-state index contributed by atoms with van der Waals surface area (Å²) in [5.41, 5.74) is -5.90. The normalized spacial score (nSPS) is 17.8. The van der Waals surface area contributed by atoms with Gasteiger partial charge in [0.2, 0.25) is 10.0 Å². The lowest BCUT2D eigenvalue weighted by Gasteiger charge is -2.29. The zero-order valence-electron chi connectivity index (χ0n) is 15.8. The maximum atomic E-state index is 13.1. The Morgan fingerprint density at radius 3 is 2.34 bits per heavy atom.